The summed E-state index contributed by atoms with van der Waals surface area (Å²) in [7, 11) is 3.27. The van der Waals surface area contributed by atoms with Gasteiger partial charge in [-0.25, -0.2) is 13.1 Å². The van der Waals surface area contributed by atoms with E-state index in [0.717, 1.165) is 6.26 Å². The zero-order valence-electron chi connectivity index (χ0n) is 23.6. The van der Waals surface area contributed by atoms with E-state index >= 15 is 0 Å². The molecular formula is C27H36N4O9S. The van der Waals surface area contributed by atoms with E-state index in [-0.39, 0.29) is 42.7 Å². The van der Waals surface area contributed by atoms with E-state index in [4.69, 9.17) is 5.73 Å². The van der Waals surface area contributed by atoms with Crippen LogP contribution in [0.15, 0.2) is 28.7 Å². The van der Waals surface area contributed by atoms with Crippen LogP contribution in [-0.2, 0) is 32.5 Å². The molecule has 0 radical (unpaired) electrons. The predicted octanol–water partition coefficient (Wildman–Crippen LogP) is -0.332. The number of ketones is 2. The molecule has 4 atom stereocenters. The number of hydrogen-bond donors (Lipinski definition) is 6. The standard InChI is InChI=1S/C27H36N4O9S/c1-30(2)16-11-12(7-6-8-29-41(5,39)40)21(32)18-14(16)9-13-10-15-20(31(3)4)23(34)19(26(28)37)25(36)27(15,38)24(35)17(13)22(18)33/h11,13,15,20,29,32,34-35,38H,6-10H2,1-5H3,(H2,28,37). The number of phenols is 1. The van der Waals surface area contributed by atoms with Crippen LogP contribution >= 0.6 is 0 Å². The first-order valence-corrected chi connectivity index (χ1v) is 15.0. The molecule has 0 bridgehead atoms. The second kappa shape index (κ2) is 10.4. The lowest BCUT2D eigenvalue weighted by Crippen LogP contribution is -2.63. The number of anilines is 1. The molecule has 0 saturated heterocycles. The molecule has 0 fully saturated rings. The van der Waals surface area contributed by atoms with Crippen molar-refractivity contribution < 1.29 is 43.2 Å². The molecule has 3 aliphatic carbocycles. The number of rotatable bonds is 8. The number of fused-ring (bicyclic) bond motifs is 3. The van der Waals surface area contributed by atoms with Crippen molar-refractivity contribution in [3.63, 3.8) is 0 Å². The lowest BCUT2D eigenvalue weighted by molar-refractivity contribution is -0.148. The number of Topliss-reactive ketones (excluding diaryl/α,β-unsaturated/α-hetero) is 2. The molecule has 0 aliphatic heterocycles. The summed E-state index contributed by atoms with van der Waals surface area (Å²) in [5, 5.41) is 45.3. The summed E-state index contributed by atoms with van der Waals surface area (Å²) >= 11 is 0. The molecular weight excluding hydrogens is 556 g/mol. The van der Waals surface area contributed by atoms with Crippen LogP contribution in [-0.4, -0.2) is 104 Å². The minimum absolute atomic E-state index is 0.00168. The second-order valence-corrected chi connectivity index (χ2v) is 13.2. The number of aliphatic hydroxyl groups excluding tert-OH is 2. The highest BCUT2D eigenvalue weighted by Gasteiger charge is 2.63. The summed E-state index contributed by atoms with van der Waals surface area (Å²) in [6, 6.07) is 0.667. The molecule has 14 heteroatoms. The number of amides is 1. The highest BCUT2D eigenvalue weighted by atomic mass is 32.2. The highest BCUT2D eigenvalue weighted by molar-refractivity contribution is 7.88. The van der Waals surface area contributed by atoms with E-state index in [9.17, 15) is 43.2 Å². The Morgan fingerprint density at radius 3 is 2.34 bits per heavy atom. The van der Waals surface area contributed by atoms with E-state index in [2.05, 4.69) is 4.72 Å². The molecule has 224 valence electrons. The first-order chi connectivity index (χ1) is 18.9. The van der Waals surface area contributed by atoms with Gasteiger partial charge in [0.1, 0.15) is 22.8 Å². The van der Waals surface area contributed by atoms with Crippen molar-refractivity contribution in [3.05, 3.63) is 45.4 Å². The monoisotopic (exact) mass is 592 g/mol. The molecule has 4 rings (SSSR count). The Morgan fingerprint density at radius 1 is 1.17 bits per heavy atom. The van der Waals surface area contributed by atoms with Gasteiger partial charge in [-0.05, 0) is 62.9 Å². The van der Waals surface area contributed by atoms with Crippen LogP contribution in [0.25, 0.3) is 0 Å². The van der Waals surface area contributed by atoms with Crippen LogP contribution in [0.2, 0.25) is 0 Å². The Kier molecular flexibility index (Phi) is 7.75. The molecule has 4 unspecified atom stereocenters. The summed E-state index contributed by atoms with van der Waals surface area (Å²) in [6.45, 7) is 0.112. The van der Waals surface area contributed by atoms with Gasteiger partial charge in [-0.15, -0.1) is 0 Å². The minimum Gasteiger partial charge on any atom is -0.510 e. The molecule has 1 aromatic carbocycles. The molecule has 1 aromatic rings. The number of aryl methyl sites for hydroxylation is 1. The second-order valence-electron chi connectivity index (χ2n) is 11.4. The number of nitrogens with two attached hydrogens (primary N) is 1. The number of nitrogens with one attached hydrogen (secondary N) is 1. The van der Waals surface area contributed by atoms with E-state index < -0.39 is 68.1 Å². The summed E-state index contributed by atoms with van der Waals surface area (Å²) in [5.74, 6) is -7.01. The third kappa shape index (κ3) is 4.88. The van der Waals surface area contributed by atoms with Gasteiger partial charge >= 0.3 is 0 Å². The number of sulfonamides is 1. The summed E-state index contributed by atoms with van der Waals surface area (Å²) in [4.78, 5) is 42.9. The van der Waals surface area contributed by atoms with Gasteiger partial charge in [0.05, 0.1) is 17.9 Å². The average Bonchev–Trinajstić information content (AvgIpc) is 2.83. The number of allylic oxidation sites excluding steroid dienone is 1. The van der Waals surface area contributed by atoms with Crippen molar-refractivity contribution >= 4 is 33.2 Å². The number of aromatic hydroxyl groups is 1. The Hall–Kier alpha value is -3.46. The van der Waals surface area contributed by atoms with Gasteiger partial charge in [-0.2, -0.15) is 0 Å². The van der Waals surface area contributed by atoms with Crippen LogP contribution in [0.3, 0.4) is 0 Å². The number of phenolic OH excluding ortho intramolecular Hbond substituents is 1. The molecule has 1 amide bonds. The third-order valence-electron chi connectivity index (χ3n) is 8.25. The summed E-state index contributed by atoms with van der Waals surface area (Å²) < 4.78 is 25.2. The molecule has 3 aliphatic rings. The van der Waals surface area contributed by atoms with E-state index in [1.54, 1.807) is 39.2 Å². The third-order valence-corrected chi connectivity index (χ3v) is 8.98. The SMILES string of the molecule is CN(C)c1cc(CCCNS(C)(=O)=O)c(O)c2c1CC1CC3C(N(C)C)C(O)=C(C(N)=O)C(=O)C3(O)C(O)=C1C2=O. The fourth-order valence-electron chi connectivity index (χ4n) is 6.48. The Labute approximate surface area is 238 Å². The van der Waals surface area contributed by atoms with Gasteiger partial charge in [0.15, 0.2) is 11.4 Å². The molecule has 7 N–H and O–H groups in total. The van der Waals surface area contributed by atoms with Gasteiger partial charge in [0.2, 0.25) is 15.8 Å². The van der Waals surface area contributed by atoms with Crippen LogP contribution in [0.1, 0.15) is 34.3 Å². The highest BCUT2D eigenvalue weighted by Crippen LogP contribution is 2.53. The van der Waals surface area contributed by atoms with Crippen LogP contribution < -0.4 is 15.4 Å². The zero-order chi connectivity index (χ0) is 30.8. The number of carbonyl (C=O) groups excluding carboxylic acids is 3. The number of hydrogen-bond acceptors (Lipinski definition) is 11. The van der Waals surface area contributed by atoms with Gasteiger partial charge in [0.25, 0.3) is 5.91 Å². The molecule has 0 spiro atoms. The molecule has 41 heavy (non-hydrogen) atoms. The number of carbonyl (C=O) groups is 3. The average molecular weight is 593 g/mol. The maximum absolute atomic E-state index is 14.0. The first kappa shape index (κ1) is 30.5. The Morgan fingerprint density at radius 2 is 1.80 bits per heavy atom. The van der Waals surface area contributed by atoms with Gasteiger partial charge in [-0.3, -0.25) is 19.3 Å². The maximum atomic E-state index is 14.0. The topological polar surface area (TPSA) is 211 Å². The summed E-state index contributed by atoms with van der Waals surface area (Å²) in [5.41, 5.74) is 3.02. The molecule has 0 heterocycles. The number of aliphatic hydroxyl groups is 3. The number of primary amides is 1. The van der Waals surface area contributed by atoms with Crippen LogP contribution in [0.5, 0.6) is 5.75 Å². The van der Waals surface area contributed by atoms with Gasteiger partial charge in [-0.1, -0.05) is 0 Å². The van der Waals surface area contributed by atoms with Crippen molar-refractivity contribution in [2.75, 3.05) is 45.9 Å². The Balaban J connectivity index is 1.86. The molecule has 0 saturated carbocycles. The van der Waals surface area contributed by atoms with E-state index in [1.807, 2.05) is 0 Å². The normalized spacial score (nSPS) is 26.2. The van der Waals surface area contributed by atoms with Crippen molar-refractivity contribution in [2.24, 2.45) is 17.6 Å². The first-order valence-electron chi connectivity index (χ1n) is 13.1. The van der Waals surface area contributed by atoms with Gasteiger partial charge < -0.3 is 31.1 Å². The lowest BCUT2D eigenvalue weighted by atomic mass is 9.58. The molecule has 13 nitrogen and oxygen atoms in total. The van der Waals surface area contributed by atoms with Crippen LogP contribution in [0.4, 0.5) is 5.69 Å². The maximum Gasteiger partial charge on any atom is 0.255 e. The van der Waals surface area contributed by atoms with Crippen LogP contribution in [0, 0.1) is 11.8 Å². The minimum atomic E-state index is -3.41. The quantitative estimate of drug-likeness (QED) is 0.170. The number of nitrogens with zero attached hydrogens (tertiary/aromatic N) is 2. The fourth-order valence-corrected chi connectivity index (χ4v) is 6.99. The fraction of sp³-hybridized carbons (Fsp3) is 0.519. The van der Waals surface area contributed by atoms with Crippen molar-refractivity contribution in [1.82, 2.24) is 9.62 Å². The molecule has 0 aromatic heterocycles. The smallest absolute Gasteiger partial charge is 0.255 e. The predicted molar refractivity (Wildman–Crippen MR) is 149 cm³/mol. The summed E-state index contributed by atoms with van der Waals surface area (Å²) in [6.07, 6.45) is 1.76. The lowest BCUT2D eigenvalue weighted by Gasteiger charge is -2.50. The Bertz CT molecular complexity index is 1510. The van der Waals surface area contributed by atoms with Crippen molar-refractivity contribution in [2.45, 2.75) is 37.3 Å². The van der Waals surface area contributed by atoms with Crippen molar-refractivity contribution in [1.29, 1.82) is 0 Å². The van der Waals surface area contributed by atoms with E-state index in [1.165, 1.54) is 4.90 Å². The largest absolute Gasteiger partial charge is 0.510 e. The van der Waals surface area contributed by atoms with Gasteiger partial charge in [0, 0.05) is 37.8 Å². The number of likely N-dealkylation sites (N-methyl/N-ethyl adjacent to an activating group) is 1. The number of benzene rings is 1. The van der Waals surface area contributed by atoms with Crippen molar-refractivity contribution in [3.8, 4) is 5.75 Å². The van der Waals surface area contributed by atoms with E-state index in [0.29, 0.717) is 23.2 Å². The zero-order valence-corrected chi connectivity index (χ0v) is 24.4.